The van der Waals surface area contributed by atoms with Gasteiger partial charge in [0.2, 0.25) is 5.88 Å². The molecule has 104 valence electrons. The Morgan fingerprint density at radius 1 is 1.19 bits per heavy atom. The SMILES string of the molecule is O=C1C[C@H](c2cccs2)c2c(n[nH]c2-c2ccccc2)O1. The van der Waals surface area contributed by atoms with E-state index in [1.165, 1.54) is 0 Å². The molecule has 3 aromatic rings. The highest BCUT2D eigenvalue weighted by atomic mass is 32.1. The van der Waals surface area contributed by atoms with E-state index in [9.17, 15) is 4.79 Å². The van der Waals surface area contributed by atoms with Crippen LogP contribution in [0.2, 0.25) is 0 Å². The predicted octanol–water partition coefficient (Wildman–Crippen LogP) is 3.58. The number of aromatic amines is 1. The smallest absolute Gasteiger partial charge is 0.313 e. The van der Waals surface area contributed by atoms with Crippen molar-refractivity contribution in [1.29, 1.82) is 0 Å². The molecule has 4 nitrogen and oxygen atoms in total. The van der Waals surface area contributed by atoms with Crippen LogP contribution in [-0.4, -0.2) is 16.2 Å². The molecule has 1 aromatic carbocycles. The van der Waals surface area contributed by atoms with Crippen molar-refractivity contribution in [1.82, 2.24) is 10.2 Å². The van der Waals surface area contributed by atoms with Crippen LogP contribution in [0.1, 0.15) is 22.8 Å². The van der Waals surface area contributed by atoms with Gasteiger partial charge in [-0.05, 0) is 17.0 Å². The molecule has 1 N–H and O–H groups in total. The van der Waals surface area contributed by atoms with Gasteiger partial charge in [-0.25, -0.2) is 0 Å². The second-order valence-electron chi connectivity index (χ2n) is 4.93. The van der Waals surface area contributed by atoms with E-state index in [0.29, 0.717) is 12.3 Å². The lowest BCUT2D eigenvalue weighted by Crippen LogP contribution is -2.20. The molecule has 3 heterocycles. The number of benzene rings is 1. The maximum absolute atomic E-state index is 11.8. The molecule has 1 aliphatic heterocycles. The number of nitrogens with zero attached hydrogens (tertiary/aromatic N) is 1. The molecule has 0 radical (unpaired) electrons. The first-order chi connectivity index (χ1) is 10.3. The summed E-state index contributed by atoms with van der Waals surface area (Å²) < 4.78 is 5.29. The number of aromatic nitrogens is 2. The first-order valence-corrected chi connectivity index (χ1v) is 7.58. The van der Waals surface area contributed by atoms with E-state index < -0.39 is 0 Å². The third-order valence-corrected chi connectivity index (χ3v) is 4.63. The fourth-order valence-electron chi connectivity index (χ4n) is 2.71. The summed E-state index contributed by atoms with van der Waals surface area (Å²) in [5.41, 5.74) is 2.95. The minimum absolute atomic E-state index is 0.00945. The molecule has 2 aromatic heterocycles. The van der Waals surface area contributed by atoms with Crippen molar-refractivity contribution in [2.75, 3.05) is 0 Å². The van der Waals surface area contributed by atoms with Gasteiger partial charge in [-0.15, -0.1) is 16.4 Å². The van der Waals surface area contributed by atoms with E-state index in [-0.39, 0.29) is 11.9 Å². The Balaban J connectivity index is 1.89. The molecule has 0 amide bonds. The number of nitrogens with one attached hydrogen (secondary N) is 1. The predicted molar refractivity (Wildman–Crippen MR) is 80.4 cm³/mol. The van der Waals surface area contributed by atoms with E-state index in [0.717, 1.165) is 21.7 Å². The summed E-state index contributed by atoms with van der Waals surface area (Å²) in [6, 6.07) is 14.0. The maximum Gasteiger partial charge on any atom is 0.313 e. The highest BCUT2D eigenvalue weighted by molar-refractivity contribution is 7.10. The Morgan fingerprint density at radius 2 is 2.05 bits per heavy atom. The number of ether oxygens (including phenoxy) is 1. The zero-order valence-corrected chi connectivity index (χ0v) is 11.9. The molecule has 4 rings (SSSR count). The third-order valence-electron chi connectivity index (χ3n) is 3.65. The van der Waals surface area contributed by atoms with E-state index in [2.05, 4.69) is 16.3 Å². The number of rotatable bonds is 2. The topological polar surface area (TPSA) is 55.0 Å². The van der Waals surface area contributed by atoms with Crippen molar-refractivity contribution in [2.45, 2.75) is 12.3 Å². The number of H-pyrrole nitrogens is 1. The van der Waals surface area contributed by atoms with Gasteiger partial charge in [-0.1, -0.05) is 36.4 Å². The summed E-state index contributed by atoms with van der Waals surface area (Å²) in [6.45, 7) is 0. The van der Waals surface area contributed by atoms with Crippen LogP contribution in [0.3, 0.4) is 0 Å². The summed E-state index contributed by atoms with van der Waals surface area (Å²) in [4.78, 5) is 13.0. The summed E-state index contributed by atoms with van der Waals surface area (Å²) in [5.74, 6) is 0.186. The average Bonchev–Trinajstić information content (AvgIpc) is 3.16. The molecule has 1 aliphatic rings. The zero-order valence-electron chi connectivity index (χ0n) is 11.1. The van der Waals surface area contributed by atoms with Gasteiger partial charge in [-0.2, -0.15) is 0 Å². The van der Waals surface area contributed by atoms with Crippen molar-refractivity contribution in [2.24, 2.45) is 0 Å². The first kappa shape index (κ1) is 12.3. The van der Waals surface area contributed by atoms with Crippen molar-refractivity contribution in [3.8, 4) is 17.1 Å². The number of esters is 1. The number of carbonyl (C=O) groups is 1. The molecule has 0 saturated carbocycles. The summed E-state index contributed by atoms with van der Waals surface area (Å²) in [7, 11) is 0. The molecule has 0 bridgehead atoms. The van der Waals surface area contributed by atoms with Crippen molar-refractivity contribution < 1.29 is 9.53 Å². The molecular formula is C16H12N2O2S. The number of hydrogen-bond donors (Lipinski definition) is 1. The molecule has 0 aliphatic carbocycles. The highest BCUT2D eigenvalue weighted by Gasteiger charge is 2.34. The van der Waals surface area contributed by atoms with E-state index >= 15 is 0 Å². The minimum Gasteiger partial charge on any atom is -0.405 e. The van der Waals surface area contributed by atoms with Crippen LogP contribution >= 0.6 is 11.3 Å². The van der Waals surface area contributed by atoms with Gasteiger partial charge >= 0.3 is 5.97 Å². The van der Waals surface area contributed by atoms with Crippen molar-refractivity contribution in [3.63, 3.8) is 0 Å². The van der Waals surface area contributed by atoms with Gasteiger partial charge in [0.25, 0.3) is 0 Å². The van der Waals surface area contributed by atoms with Gasteiger partial charge in [0.15, 0.2) is 0 Å². The lowest BCUT2D eigenvalue weighted by atomic mass is 9.90. The monoisotopic (exact) mass is 296 g/mol. The molecule has 0 saturated heterocycles. The molecule has 21 heavy (non-hydrogen) atoms. The standard InChI is InChI=1S/C16H12N2O2S/c19-13-9-11(12-7-4-8-21-12)14-15(17-18-16(14)20-13)10-5-2-1-3-6-10/h1-8,11H,9H2,(H,17,18)/t11-/m1/s1. The molecule has 0 unspecified atom stereocenters. The molecular weight excluding hydrogens is 284 g/mol. The van der Waals surface area contributed by atoms with Crippen molar-refractivity contribution in [3.05, 3.63) is 58.3 Å². The average molecular weight is 296 g/mol. The normalized spacial score (nSPS) is 17.3. The summed E-state index contributed by atoms with van der Waals surface area (Å²) >= 11 is 1.65. The number of carbonyl (C=O) groups excluding carboxylic acids is 1. The molecule has 5 heteroatoms. The number of thiophene rings is 1. The Bertz CT molecular complexity index is 778. The van der Waals surface area contributed by atoms with Gasteiger partial charge in [0, 0.05) is 10.8 Å². The quantitative estimate of drug-likeness (QED) is 0.735. The lowest BCUT2D eigenvalue weighted by molar-refractivity contribution is -0.135. The lowest BCUT2D eigenvalue weighted by Gasteiger charge is -2.20. The van der Waals surface area contributed by atoms with Gasteiger partial charge in [0.1, 0.15) is 0 Å². The number of fused-ring (bicyclic) bond motifs is 1. The van der Waals surface area contributed by atoms with Gasteiger partial charge in [0.05, 0.1) is 17.7 Å². The Hall–Kier alpha value is -2.40. The fraction of sp³-hybridized carbons (Fsp3) is 0.125. The van der Waals surface area contributed by atoms with Gasteiger partial charge in [-0.3, -0.25) is 9.89 Å². The molecule has 0 spiro atoms. The van der Waals surface area contributed by atoms with Crippen LogP contribution in [0.15, 0.2) is 47.8 Å². The van der Waals surface area contributed by atoms with Gasteiger partial charge < -0.3 is 4.74 Å². The van der Waals surface area contributed by atoms with E-state index in [1.807, 2.05) is 41.8 Å². The van der Waals surface area contributed by atoms with E-state index in [4.69, 9.17) is 4.74 Å². The highest BCUT2D eigenvalue weighted by Crippen LogP contribution is 2.43. The number of hydrogen-bond acceptors (Lipinski definition) is 4. The maximum atomic E-state index is 11.8. The summed E-state index contributed by atoms with van der Waals surface area (Å²) in [5, 5.41) is 9.23. The van der Waals surface area contributed by atoms with Crippen LogP contribution in [0.4, 0.5) is 0 Å². The van der Waals surface area contributed by atoms with Crippen LogP contribution < -0.4 is 4.74 Å². The second kappa shape index (κ2) is 4.86. The third kappa shape index (κ3) is 2.06. The minimum atomic E-state index is -0.230. The zero-order chi connectivity index (χ0) is 14.2. The Morgan fingerprint density at radius 3 is 2.81 bits per heavy atom. The largest absolute Gasteiger partial charge is 0.405 e. The van der Waals surface area contributed by atoms with Crippen LogP contribution in [0.5, 0.6) is 5.88 Å². The second-order valence-corrected chi connectivity index (χ2v) is 5.91. The fourth-order valence-corrected chi connectivity index (χ4v) is 3.55. The first-order valence-electron chi connectivity index (χ1n) is 6.70. The Kier molecular flexibility index (Phi) is 2.86. The molecule has 1 atom stereocenters. The van der Waals surface area contributed by atoms with Crippen molar-refractivity contribution >= 4 is 17.3 Å². The Labute approximate surface area is 125 Å². The van der Waals surface area contributed by atoms with Crippen LogP contribution in [0, 0.1) is 0 Å². The van der Waals surface area contributed by atoms with Crippen LogP contribution in [-0.2, 0) is 4.79 Å². The van der Waals surface area contributed by atoms with E-state index in [1.54, 1.807) is 11.3 Å². The summed E-state index contributed by atoms with van der Waals surface area (Å²) in [6.07, 6.45) is 0.354. The molecule has 0 fully saturated rings. The van der Waals surface area contributed by atoms with Crippen LogP contribution in [0.25, 0.3) is 11.3 Å².